The lowest BCUT2D eigenvalue weighted by Crippen LogP contribution is -2.65. The summed E-state index contributed by atoms with van der Waals surface area (Å²) in [6.07, 6.45) is 0.455. The molecule has 0 amide bonds. The van der Waals surface area contributed by atoms with Gasteiger partial charge in [0.25, 0.3) is 0 Å². The normalized spacial score (nSPS) is 29.1. The molecule has 3 aliphatic carbocycles. The molecule has 9 heteroatoms. The van der Waals surface area contributed by atoms with E-state index in [0.29, 0.717) is 12.0 Å². The number of benzene rings is 1. The van der Waals surface area contributed by atoms with Crippen LogP contribution in [-0.2, 0) is 16.0 Å². The Labute approximate surface area is 191 Å². The van der Waals surface area contributed by atoms with Gasteiger partial charge in [-0.3, -0.25) is 14.5 Å². The van der Waals surface area contributed by atoms with Crippen molar-refractivity contribution in [1.82, 2.24) is 4.90 Å². The molecular weight excluding hydrogens is 426 g/mol. The number of phenolic OH excluding ortho intramolecular Hbond substituents is 1. The molecule has 33 heavy (non-hydrogen) atoms. The highest BCUT2D eigenvalue weighted by atomic mass is 16.3. The number of ketones is 2. The Morgan fingerprint density at radius 2 is 1.79 bits per heavy atom. The lowest BCUT2D eigenvalue weighted by molar-refractivity contribution is -0.153. The third-order valence-electron chi connectivity index (χ3n) is 7.14. The second kappa shape index (κ2) is 7.36. The van der Waals surface area contributed by atoms with Gasteiger partial charge >= 0.3 is 0 Å². The van der Waals surface area contributed by atoms with Crippen LogP contribution in [0.1, 0.15) is 17.5 Å². The van der Waals surface area contributed by atoms with Gasteiger partial charge in [-0.25, -0.2) is 0 Å². The molecule has 1 fully saturated rings. The van der Waals surface area contributed by atoms with Crippen molar-refractivity contribution >= 4 is 23.0 Å². The van der Waals surface area contributed by atoms with Crippen LogP contribution < -0.4 is 10.6 Å². The van der Waals surface area contributed by atoms with E-state index in [1.807, 2.05) is 19.0 Å². The van der Waals surface area contributed by atoms with Crippen molar-refractivity contribution in [1.29, 1.82) is 0 Å². The molecular formula is C24H29N3O6. The number of aliphatic hydroxyl groups is 3. The van der Waals surface area contributed by atoms with E-state index in [2.05, 4.69) is 6.58 Å². The molecule has 0 saturated heterocycles. The zero-order valence-electron chi connectivity index (χ0n) is 19.1. The predicted molar refractivity (Wildman–Crippen MR) is 123 cm³/mol. The summed E-state index contributed by atoms with van der Waals surface area (Å²) >= 11 is 0. The van der Waals surface area contributed by atoms with Gasteiger partial charge in [-0.1, -0.05) is 6.58 Å². The van der Waals surface area contributed by atoms with E-state index < -0.39 is 46.6 Å². The molecule has 0 spiro atoms. The fraction of sp³-hybridized carbons (Fsp3) is 0.417. The van der Waals surface area contributed by atoms with E-state index in [-0.39, 0.29) is 34.6 Å². The van der Waals surface area contributed by atoms with Gasteiger partial charge in [-0.2, -0.15) is 0 Å². The van der Waals surface area contributed by atoms with Gasteiger partial charge in [0.15, 0.2) is 11.4 Å². The second-order valence-electron chi connectivity index (χ2n) is 9.47. The van der Waals surface area contributed by atoms with Gasteiger partial charge in [-0.05, 0) is 50.6 Å². The van der Waals surface area contributed by atoms with Crippen LogP contribution in [0.3, 0.4) is 0 Å². The fourth-order valence-corrected chi connectivity index (χ4v) is 5.72. The topological polar surface area (TPSA) is 148 Å². The number of likely N-dealkylation sites (N-methyl/N-ethyl adjacent to an activating group) is 1. The summed E-state index contributed by atoms with van der Waals surface area (Å²) in [5, 5.41) is 44.3. The van der Waals surface area contributed by atoms with Crippen molar-refractivity contribution in [3.63, 3.8) is 0 Å². The van der Waals surface area contributed by atoms with Crippen molar-refractivity contribution in [3.8, 4) is 5.75 Å². The average molecular weight is 456 g/mol. The van der Waals surface area contributed by atoms with Crippen molar-refractivity contribution in [2.75, 3.05) is 33.1 Å². The van der Waals surface area contributed by atoms with Gasteiger partial charge in [0.1, 0.15) is 17.3 Å². The van der Waals surface area contributed by atoms with Crippen LogP contribution in [0.2, 0.25) is 0 Å². The minimum atomic E-state index is -2.47. The van der Waals surface area contributed by atoms with E-state index in [0.717, 1.165) is 5.69 Å². The third kappa shape index (κ3) is 2.92. The molecule has 1 saturated carbocycles. The van der Waals surface area contributed by atoms with E-state index in [1.165, 1.54) is 6.07 Å². The number of anilines is 1. The molecule has 0 bridgehead atoms. The number of allylic oxidation sites excluding steroid dienone is 1. The van der Waals surface area contributed by atoms with Crippen LogP contribution >= 0.6 is 0 Å². The summed E-state index contributed by atoms with van der Waals surface area (Å²) < 4.78 is 0. The number of Topliss-reactive ketones (excluding diaryl/α,β-unsaturated/α-hetero) is 2. The summed E-state index contributed by atoms with van der Waals surface area (Å²) in [5.74, 6) is -4.39. The van der Waals surface area contributed by atoms with Crippen molar-refractivity contribution < 1.29 is 30.0 Å². The minimum Gasteiger partial charge on any atom is -0.508 e. The Kier molecular flexibility index (Phi) is 5.10. The van der Waals surface area contributed by atoms with Gasteiger partial charge < -0.3 is 31.1 Å². The Balaban J connectivity index is 1.99. The van der Waals surface area contributed by atoms with Crippen LogP contribution in [0.5, 0.6) is 5.75 Å². The van der Waals surface area contributed by atoms with Crippen LogP contribution in [0, 0.1) is 11.8 Å². The van der Waals surface area contributed by atoms with Crippen LogP contribution in [0.4, 0.5) is 5.69 Å². The molecule has 0 heterocycles. The second-order valence-corrected chi connectivity index (χ2v) is 9.47. The number of aromatic hydroxyl groups is 1. The molecule has 9 nitrogen and oxygen atoms in total. The third-order valence-corrected chi connectivity index (χ3v) is 7.14. The molecule has 6 N–H and O–H groups in total. The molecule has 4 atom stereocenters. The number of fused-ring (bicyclic) bond motifs is 3. The molecule has 1 aromatic carbocycles. The van der Waals surface area contributed by atoms with Gasteiger partial charge in [0, 0.05) is 37.0 Å². The summed E-state index contributed by atoms with van der Waals surface area (Å²) in [5.41, 5.74) is 4.14. The lowest BCUT2D eigenvalue weighted by Gasteiger charge is -2.50. The Bertz CT molecular complexity index is 1160. The Morgan fingerprint density at radius 1 is 1.15 bits per heavy atom. The number of carbonyl (C=O) groups is 2. The largest absolute Gasteiger partial charge is 0.508 e. The molecule has 1 aromatic rings. The number of phenols is 1. The Hall–Kier alpha value is -3.30. The van der Waals surface area contributed by atoms with E-state index in [1.54, 1.807) is 25.1 Å². The maximum atomic E-state index is 13.8. The van der Waals surface area contributed by atoms with E-state index in [4.69, 9.17) is 5.73 Å². The van der Waals surface area contributed by atoms with Crippen molar-refractivity contribution in [2.45, 2.75) is 24.5 Å². The SMILES string of the molecule is C=C(N)C1=C(O)[C@@]2(O)C(=O)C3=C(O)c4c(O)ccc(N(C)C)c4C[C@H]3C[C@H]2[C@H](N(C)C)C1=O. The van der Waals surface area contributed by atoms with E-state index in [9.17, 15) is 30.0 Å². The molecule has 0 aliphatic heterocycles. The number of nitrogens with zero attached hydrogens (tertiary/aromatic N) is 2. The summed E-state index contributed by atoms with van der Waals surface area (Å²) in [6.45, 7) is 3.53. The van der Waals surface area contributed by atoms with Crippen molar-refractivity contribution in [2.24, 2.45) is 17.6 Å². The first-order valence-electron chi connectivity index (χ1n) is 10.7. The predicted octanol–water partition coefficient (Wildman–Crippen LogP) is 1.02. The van der Waals surface area contributed by atoms with E-state index >= 15 is 0 Å². The maximum Gasteiger partial charge on any atom is 0.202 e. The molecule has 0 radical (unpaired) electrons. The van der Waals surface area contributed by atoms with Gasteiger partial charge in [0.05, 0.1) is 17.2 Å². The first-order valence-corrected chi connectivity index (χ1v) is 10.7. The highest BCUT2D eigenvalue weighted by molar-refractivity contribution is 6.15. The summed E-state index contributed by atoms with van der Waals surface area (Å²) in [7, 11) is 6.96. The number of hydrogen-bond acceptors (Lipinski definition) is 9. The first-order chi connectivity index (χ1) is 15.3. The highest BCUT2D eigenvalue weighted by Gasteiger charge is 2.63. The number of hydrogen-bond donors (Lipinski definition) is 5. The summed E-state index contributed by atoms with van der Waals surface area (Å²) in [6, 6.07) is 2.23. The van der Waals surface area contributed by atoms with Crippen LogP contribution in [0.15, 0.2) is 41.3 Å². The van der Waals surface area contributed by atoms with Crippen molar-refractivity contribution in [3.05, 3.63) is 52.4 Å². The fourth-order valence-electron chi connectivity index (χ4n) is 5.72. The monoisotopic (exact) mass is 455 g/mol. The highest BCUT2D eigenvalue weighted by Crippen LogP contribution is 2.53. The van der Waals surface area contributed by atoms with Crippen LogP contribution in [0.25, 0.3) is 5.76 Å². The molecule has 0 unspecified atom stereocenters. The maximum absolute atomic E-state index is 13.8. The quantitative estimate of drug-likeness (QED) is 0.450. The lowest BCUT2D eigenvalue weighted by atomic mass is 9.57. The number of carbonyl (C=O) groups excluding carboxylic acids is 2. The van der Waals surface area contributed by atoms with Gasteiger partial charge in [-0.15, -0.1) is 0 Å². The molecule has 176 valence electrons. The first kappa shape index (κ1) is 22.9. The molecule has 4 rings (SSSR count). The average Bonchev–Trinajstić information content (AvgIpc) is 2.70. The van der Waals surface area contributed by atoms with Gasteiger partial charge in [0.2, 0.25) is 5.78 Å². The zero-order chi connectivity index (χ0) is 24.6. The number of rotatable bonds is 3. The Morgan fingerprint density at radius 3 is 2.33 bits per heavy atom. The zero-order valence-corrected chi connectivity index (χ0v) is 19.1. The summed E-state index contributed by atoms with van der Waals surface area (Å²) in [4.78, 5) is 30.4. The molecule has 3 aliphatic rings. The standard InChI is InChI=1S/C24H29N3O6/c1-10(25)16-21(30)19(27(4)5)13-9-11-8-12-14(26(2)3)6-7-15(28)18(12)20(29)17(11)23(32)24(13,33)22(16)31/h6-7,11,13,19,28-29,31,33H,1,8-9,25H2,2-5H3/t11-,13-,19-,24+/m0/s1. The molecule has 0 aromatic heterocycles. The van der Waals surface area contributed by atoms with Crippen LogP contribution in [-0.4, -0.2) is 76.7 Å². The minimum absolute atomic E-state index is 0.0761. The smallest absolute Gasteiger partial charge is 0.202 e. The number of aliphatic hydroxyl groups excluding tert-OH is 2. The number of nitrogens with two attached hydrogens (primary N) is 1.